The Hall–Kier alpha value is -1.94. The highest BCUT2D eigenvalue weighted by molar-refractivity contribution is 6.30. The topological polar surface area (TPSA) is 54.9 Å². The molecule has 1 N–H and O–H groups in total. The maximum absolute atomic E-state index is 11.7. The number of carbonyl (C=O) groups is 1. The van der Waals surface area contributed by atoms with E-state index in [-0.39, 0.29) is 5.91 Å². The lowest BCUT2D eigenvalue weighted by atomic mass is 10.2. The Kier molecular flexibility index (Phi) is 4.47. The smallest absolute Gasteiger partial charge is 0.254 e. The minimum atomic E-state index is -0.149. The summed E-state index contributed by atoms with van der Waals surface area (Å²) in [5.74, 6) is 0.424. The van der Waals surface area contributed by atoms with Gasteiger partial charge in [-0.15, -0.1) is 0 Å². The second-order valence-corrected chi connectivity index (χ2v) is 4.49. The van der Waals surface area contributed by atoms with Crippen molar-refractivity contribution in [3.63, 3.8) is 0 Å². The van der Waals surface area contributed by atoms with Gasteiger partial charge in [-0.25, -0.2) is 9.97 Å². The van der Waals surface area contributed by atoms with Crippen LogP contribution >= 0.6 is 11.6 Å². The fourth-order valence-electron chi connectivity index (χ4n) is 1.53. The highest BCUT2D eigenvalue weighted by Gasteiger charge is 2.07. The van der Waals surface area contributed by atoms with Gasteiger partial charge in [0, 0.05) is 29.5 Å². The highest BCUT2D eigenvalue weighted by Crippen LogP contribution is 2.17. The van der Waals surface area contributed by atoms with Crippen molar-refractivity contribution in [2.45, 2.75) is 13.3 Å². The van der Waals surface area contributed by atoms with Crippen molar-refractivity contribution in [3.8, 4) is 11.4 Å². The molecule has 0 bridgehead atoms. The molecular weight excluding hydrogens is 262 g/mol. The zero-order chi connectivity index (χ0) is 13.7. The lowest BCUT2D eigenvalue weighted by Gasteiger charge is -2.04. The van der Waals surface area contributed by atoms with E-state index in [1.54, 1.807) is 12.1 Å². The van der Waals surface area contributed by atoms with Crippen LogP contribution in [0, 0.1) is 0 Å². The summed E-state index contributed by atoms with van der Waals surface area (Å²) in [6.07, 6.45) is 3.96. The third-order valence-electron chi connectivity index (χ3n) is 2.55. The van der Waals surface area contributed by atoms with Crippen molar-refractivity contribution in [2.75, 3.05) is 6.54 Å². The number of benzene rings is 1. The van der Waals surface area contributed by atoms with Crippen LogP contribution in [0.2, 0.25) is 5.02 Å². The van der Waals surface area contributed by atoms with E-state index in [1.807, 2.05) is 19.1 Å². The largest absolute Gasteiger partial charge is 0.352 e. The quantitative estimate of drug-likeness (QED) is 0.933. The fraction of sp³-hybridized carbons (Fsp3) is 0.214. The Morgan fingerprint density at radius 3 is 2.42 bits per heavy atom. The third kappa shape index (κ3) is 3.51. The summed E-state index contributed by atoms with van der Waals surface area (Å²) in [4.78, 5) is 20.1. The zero-order valence-electron chi connectivity index (χ0n) is 10.6. The van der Waals surface area contributed by atoms with Crippen molar-refractivity contribution in [1.82, 2.24) is 15.3 Å². The maximum atomic E-state index is 11.7. The number of amides is 1. The molecule has 0 aliphatic rings. The van der Waals surface area contributed by atoms with E-state index < -0.39 is 0 Å². The minimum Gasteiger partial charge on any atom is -0.352 e. The lowest BCUT2D eigenvalue weighted by molar-refractivity contribution is 0.0953. The van der Waals surface area contributed by atoms with Gasteiger partial charge in [-0.05, 0) is 30.7 Å². The summed E-state index contributed by atoms with van der Waals surface area (Å²) in [5.41, 5.74) is 1.33. The second kappa shape index (κ2) is 6.29. The second-order valence-electron chi connectivity index (χ2n) is 4.06. The van der Waals surface area contributed by atoms with Gasteiger partial charge in [0.2, 0.25) is 0 Å². The zero-order valence-corrected chi connectivity index (χ0v) is 11.3. The Morgan fingerprint density at radius 1 is 1.21 bits per heavy atom. The molecule has 0 unspecified atom stereocenters. The molecule has 5 heteroatoms. The lowest BCUT2D eigenvalue weighted by Crippen LogP contribution is -2.24. The number of nitrogens with zero attached hydrogens (tertiary/aromatic N) is 2. The first-order valence-corrected chi connectivity index (χ1v) is 6.44. The summed E-state index contributed by atoms with van der Waals surface area (Å²) < 4.78 is 0. The predicted octanol–water partition coefficient (Wildman–Crippen LogP) is 2.94. The Morgan fingerprint density at radius 2 is 1.84 bits per heavy atom. The molecule has 98 valence electrons. The van der Waals surface area contributed by atoms with Crippen LogP contribution in [-0.2, 0) is 0 Å². The van der Waals surface area contributed by atoms with Gasteiger partial charge in [-0.3, -0.25) is 4.79 Å². The van der Waals surface area contributed by atoms with Crippen LogP contribution in [0.1, 0.15) is 23.7 Å². The number of hydrogen-bond donors (Lipinski definition) is 1. The standard InChI is InChI=1S/C14H14ClN3O/c1-2-7-16-14(19)11-8-17-13(18-9-11)10-3-5-12(15)6-4-10/h3-6,8-9H,2,7H2,1H3,(H,16,19). The molecular formula is C14H14ClN3O. The number of hydrogen-bond acceptors (Lipinski definition) is 3. The van der Waals surface area contributed by atoms with Gasteiger partial charge >= 0.3 is 0 Å². The Labute approximate surface area is 116 Å². The summed E-state index contributed by atoms with van der Waals surface area (Å²) in [6.45, 7) is 2.65. The summed E-state index contributed by atoms with van der Waals surface area (Å²) >= 11 is 5.82. The van der Waals surface area contributed by atoms with Crippen molar-refractivity contribution in [3.05, 3.63) is 47.2 Å². The van der Waals surface area contributed by atoms with Crippen LogP contribution in [-0.4, -0.2) is 22.4 Å². The summed E-state index contributed by atoms with van der Waals surface area (Å²) in [6, 6.07) is 7.24. The first-order chi connectivity index (χ1) is 9.20. The SMILES string of the molecule is CCCNC(=O)c1cnc(-c2ccc(Cl)cc2)nc1. The predicted molar refractivity (Wildman–Crippen MR) is 75.1 cm³/mol. The van der Waals surface area contributed by atoms with E-state index in [9.17, 15) is 4.79 Å². The van der Waals surface area contributed by atoms with Crippen LogP contribution in [0.25, 0.3) is 11.4 Å². The van der Waals surface area contributed by atoms with Gasteiger partial charge in [0.1, 0.15) is 0 Å². The van der Waals surface area contributed by atoms with Crippen molar-refractivity contribution in [1.29, 1.82) is 0 Å². The monoisotopic (exact) mass is 275 g/mol. The van der Waals surface area contributed by atoms with E-state index >= 15 is 0 Å². The van der Waals surface area contributed by atoms with Gasteiger partial charge in [-0.1, -0.05) is 18.5 Å². The molecule has 0 fully saturated rings. The molecule has 0 aliphatic carbocycles. The molecule has 0 spiro atoms. The van der Waals surface area contributed by atoms with Crippen molar-refractivity contribution in [2.24, 2.45) is 0 Å². The number of halogens is 1. The molecule has 1 amide bonds. The van der Waals surface area contributed by atoms with Gasteiger partial charge in [0.25, 0.3) is 5.91 Å². The van der Waals surface area contributed by atoms with E-state index in [4.69, 9.17) is 11.6 Å². The first kappa shape index (κ1) is 13.5. The highest BCUT2D eigenvalue weighted by atomic mass is 35.5. The normalized spacial score (nSPS) is 10.2. The first-order valence-electron chi connectivity index (χ1n) is 6.07. The molecule has 0 radical (unpaired) electrons. The maximum Gasteiger partial charge on any atom is 0.254 e. The Bertz CT molecular complexity index is 552. The number of aromatic nitrogens is 2. The van der Waals surface area contributed by atoms with Crippen LogP contribution in [0.15, 0.2) is 36.7 Å². The minimum absolute atomic E-state index is 0.149. The third-order valence-corrected chi connectivity index (χ3v) is 2.80. The molecule has 1 heterocycles. The average Bonchev–Trinajstić information content (AvgIpc) is 2.46. The van der Waals surface area contributed by atoms with Crippen LogP contribution in [0.3, 0.4) is 0 Å². The van der Waals surface area contributed by atoms with E-state index in [2.05, 4.69) is 15.3 Å². The fourth-order valence-corrected chi connectivity index (χ4v) is 1.66. The van der Waals surface area contributed by atoms with E-state index in [1.165, 1.54) is 12.4 Å². The van der Waals surface area contributed by atoms with Crippen LogP contribution in [0.5, 0.6) is 0 Å². The number of rotatable bonds is 4. The molecule has 1 aromatic carbocycles. The average molecular weight is 276 g/mol. The van der Waals surface area contributed by atoms with Gasteiger partial charge in [-0.2, -0.15) is 0 Å². The Balaban J connectivity index is 2.14. The van der Waals surface area contributed by atoms with Gasteiger partial charge < -0.3 is 5.32 Å². The van der Waals surface area contributed by atoms with Crippen molar-refractivity contribution >= 4 is 17.5 Å². The van der Waals surface area contributed by atoms with Gasteiger partial charge in [0.15, 0.2) is 5.82 Å². The molecule has 0 atom stereocenters. The molecule has 19 heavy (non-hydrogen) atoms. The van der Waals surface area contributed by atoms with E-state index in [0.717, 1.165) is 12.0 Å². The molecule has 1 aromatic heterocycles. The number of nitrogens with one attached hydrogen (secondary N) is 1. The molecule has 2 rings (SSSR count). The summed E-state index contributed by atoms with van der Waals surface area (Å²) in [5, 5.41) is 3.44. The molecule has 0 aliphatic heterocycles. The summed E-state index contributed by atoms with van der Waals surface area (Å²) in [7, 11) is 0. The van der Waals surface area contributed by atoms with Crippen LogP contribution in [0.4, 0.5) is 0 Å². The number of carbonyl (C=O) groups excluding carboxylic acids is 1. The van der Waals surface area contributed by atoms with E-state index in [0.29, 0.717) is 23.0 Å². The molecule has 0 saturated carbocycles. The molecule has 2 aromatic rings. The van der Waals surface area contributed by atoms with Gasteiger partial charge in [0.05, 0.1) is 5.56 Å². The molecule has 4 nitrogen and oxygen atoms in total. The van der Waals surface area contributed by atoms with Crippen LogP contribution < -0.4 is 5.32 Å². The van der Waals surface area contributed by atoms with Crippen molar-refractivity contribution < 1.29 is 4.79 Å². The molecule has 0 saturated heterocycles.